The number of nitrogens with one attached hydrogen (secondary N) is 1. The van der Waals surface area contributed by atoms with Crippen molar-refractivity contribution in [1.82, 2.24) is 5.32 Å². The van der Waals surface area contributed by atoms with Crippen molar-refractivity contribution in [3.63, 3.8) is 0 Å². The maximum absolute atomic E-state index is 12.0. The quantitative estimate of drug-likeness (QED) is 0.920. The Morgan fingerprint density at radius 3 is 2.63 bits per heavy atom. The molecular formula is C15H16ClNO2. The second-order valence-corrected chi connectivity index (χ2v) is 5.10. The lowest BCUT2D eigenvalue weighted by molar-refractivity contribution is 0.0941. The van der Waals surface area contributed by atoms with E-state index in [0.29, 0.717) is 22.1 Å². The van der Waals surface area contributed by atoms with Gasteiger partial charge >= 0.3 is 0 Å². The summed E-state index contributed by atoms with van der Waals surface area (Å²) in [5.74, 6) is 1.07. The second-order valence-electron chi connectivity index (χ2n) is 4.69. The summed E-state index contributed by atoms with van der Waals surface area (Å²) >= 11 is 6.12. The van der Waals surface area contributed by atoms with E-state index in [2.05, 4.69) is 5.32 Å². The molecule has 0 aliphatic heterocycles. The molecule has 0 saturated heterocycles. The van der Waals surface area contributed by atoms with Gasteiger partial charge in [-0.25, -0.2) is 0 Å². The second kappa shape index (κ2) is 5.49. The van der Waals surface area contributed by atoms with Gasteiger partial charge in [-0.05, 0) is 39.0 Å². The molecule has 1 aromatic carbocycles. The van der Waals surface area contributed by atoms with E-state index in [-0.39, 0.29) is 11.9 Å². The molecule has 3 nitrogen and oxygen atoms in total. The van der Waals surface area contributed by atoms with Crippen LogP contribution in [0.3, 0.4) is 0 Å². The average molecular weight is 278 g/mol. The minimum Gasteiger partial charge on any atom is -0.460 e. The lowest BCUT2D eigenvalue weighted by atomic mass is 10.1. The highest BCUT2D eigenvalue weighted by atomic mass is 35.5. The van der Waals surface area contributed by atoms with E-state index in [1.807, 2.05) is 32.0 Å². The first-order chi connectivity index (χ1) is 8.99. The zero-order valence-corrected chi connectivity index (χ0v) is 11.9. The Labute approximate surface area is 117 Å². The van der Waals surface area contributed by atoms with Crippen LogP contribution in [-0.2, 0) is 0 Å². The summed E-state index contributed by atoms with van der Waals surface area (Å²) in [6.07, 6.45) is 0. The third-order valence-corrected chi connectivity index (χ3v) is 3.05. The lowest BCUT2D eigenvalue weighted by Gasteiger charge is -2.06. The van der Waals surface area contributed by atoms with E-state index < -0.39 is 0 Å². The number of aryl methyl sites for hydroxylation is 1. The lowest BCUT2D eigenvalue weighted by Crippen LogP contribution is -2.30. The molecule has 1 N–H and O–H groups in total. The van der Waals surface area contributed by atoms with Gasteiger partial charge in [-0.15, -0.1) is 0 Å². The first-order valence-electron chi connectivity index (χ1n) is 6.15. The molecular weight excluding hydrogens is 262 g/mol. The molecule has 1 aromatic heterocycles. The monoisotopic (exact) mass is 277 g/mol. The highest BCUT2D eigenvalue weighted by Crippen LogP contribution is 2.30. The van der Waals surface area contributed by atoms with Crippen molar-refractivity contribution in [2.24, 2.45) is 0 Å². The summed E-state index contributed by atoms with van der Waals surface area (Å²) in [6, 6.07) is 9.22. The van der Waals surface area contributed by atoms with Crippen LogP contribution in [0.4, 0.5) is 0 Å². The summed E-state index contributed by atoms with van der Waals surface area (Å²) in [6.45, 7) is 5.61. The number of amides is 1. The molecule has 0 unspecified atom stereocenters. The molecule has 0 saturated carbocycles. The van der Waals surface area contributed by atoms with Gasteiger partial charge in [0.15, 0.2) is 0 Å². The number of carbonyl (C=O) groups excluding carboxylic acids is 1. The molecule has 19 heavy (non-hydrogen) atoms. The van der Waals surface area contributed by atoms with Gasteiger partial charge in [0.1, 0.15) is 11.5 Å². The first-order valence-corrected chi connectivity index (χ1v) is 6.53. The van der Waals surface area contributed by atoms with Crippen LogP contribution in [0.5, 0.6) is 0 Å². The van der Waals surface area contributed by atoms with Gasteiger partial charge in [-0.1, -0.05) is 23.7 Å². The van der Waals surface area contributed by atoms with Gasteiger partial charge < -0.3 is 9.73 Å². The number of rotatable bonds is 3. The predicted molar refractivity (Wildman–Crippen MR) is 76.5 cm³/mol. The SMILES string of the molecule is Cc1oc(-c2ccccc2Cl)cc1C(=O)NC(C)C. The van der Waals surface area contributed by atoms with Crippen LogP contribution in [0, 0.1) is 6.92 Å². The van der Waals surface area contributed by atoms with E-state index in [1.165, 1.54) is 0 Å². The molecule has 0 aliphatic rings. The molecule has 0 atom stereocenters. The average Bonchev–Trinajstić information content (AvgIpc) is 2.71. The Hall–Kier alpha value is -1.74. The zero-order valence-electron chi connectivity index (χ0n) is 11.2. The van der Waals surface area contributed by atoms with Crippen molar-refractivity contribution in [3.05, 3.63) is 46.7 Å². The summed E-state index contributed by atoms with van der Waals surface area (Å²) in [5.41, 5.74) is 1.33. The molecule has 2 aromatic rings. The standard InChI is InChI=1S/C15H16ClNO2/c1-9(2)17-15(18)12-8-14(19-10(12)3)11-6-4-5-7-13(11)16/h4-9H,1-3H3,(H,17,18). The van der Waals surface area contributed by atoms with Gasteiger partial charge in [-0.3, -0.25) is 4.79 Å². The topological polar surface area (TPSA) is 42.2 Å². The third kappa shape index (κ3) is 2.99. The molecule has 100 valence electrons. The van der Waals surface area contributed by atoms with Crippen molar-refractivity contribution >= 4 is 17.5 Å². The fourth-order valence-electron chi connectivity index (χ4n) is 1.84. The Morgan fingerprint density at radius 2 is 2.00 bits per heavy atom. The van der Waals surface area contributed by atoms with Crippen molar-refractivity contribution < 1.29 is 9.21 Å². The van der Waals surface area contributed by atoms with E-state index >= 15 is 0 Å². The predicted octanol–water partition coefficient (Wildman–Crippen LogP) is 4.05. The molecule has 2 rings (SSSR count). The molecule has 4 heteroatoms. The number of hydrogen-bond donors (Lipinski definition) is 1. The fourth-order valence-corrected chi connectivity index (χ4v) is 2.07. The number of halogens is 1. The third-order valence-electron chi connectivity index (χ3n) is 2.72. The summed E-state index contributed by atoms with van der Waals surface area (Å²) in [4.78, 5) is 12.0. The van der Waals surface area contributed by atoms with E-state index in [4.69, 9.17) is 16.0 Å². The van der Waals surface area contributed by atoms with Gasteiger partial charge in [0.05, 0.1) is 10.6 Å². The maximum Gasteiger partial charge on any atom is 0.255 e. The Balaban J connectivity index is 2.37. The van der Waals surface area contributed by atoms with Crippen molar-refractivity contribution in [1.29, 1.82) is 0 Å². The summed E-state index contributed by atoms with van der Waals surface area (Å²) < 4.78 is 5.64. The van der Waals surface area contributed by atoms with Crippen molar-refractivity contribution in [2.45, 2.75) is 26.8 Å². The molecule has 0 radical (unpaired) electrons. The molecule has 0 aliphatic carbocycles. The van der Waals surface area contributed by atoms with Crippen LogP contribution in [0.15, 0.2) is 34.7 Å². The molecule has 0 bridgehead atoms. The van der Waals surface area contributed by atoms with Crippen LogP contribution in [0.1, 0.15) is 30.0 Å². The molecule has 1 heterocycles. The number of benzene rings is 1. The fraction of sp³-hybridized carbons (Fsp3) is 0.267. The van der Waals surface area contributed by atoms with Crippen molar-refractivity contribution in [3.8, 4) is 11.3 Å². The van der Waals surface area contributed by atoms with Gasteiger partial charge in [0.2, 0.25) is 0 Å². The van der Waals surface area contributed by atoms with Crippen LogP contribution >= 0.6 is 11.6 Å². The van der Waals surface area contributed by atoms with Crippen molar-refractivity contribution in [2.75, 3.05) is 0 Å². The van der Waals surface area contributed by atoms with E-state index in [1.54, 1.807) is 19.1 Å². The van der Waals surface area contributed by atoms with E-state index in [0.717, 1.165) is 5.56 Å². The van der Waals surface area contributed by atoms with Crippen LogP contribution in [0.2, 0.25) is 5.02 Å². The zero-order chi connectivity index (χ0) is 14.0. The van der Waals surface area contributed by atoms with Gasteiger partial charge in [0, 0.05) is 11.6 Å². The minimum absolute atomic E-state index is 0.0885. The minimum atomic E-state index is -0.130. The number of hydrogen-bond acceptors (Lipinski definition) is 2. The maximum atomic E-state index is 12.0. The number of furan rings is 1. The highest BCUT2D eigenvalue weighted by Gasteiger charge is 2.17. The largest absolute Gasteiger partial charge is 0.460 e. The molecule has 0 fully saturated rings. The van der Waals surface area contributed by atoms with Gasteiger partial charge in [0.25, 0.3) is 5.91 Å². The first kappa shape index (κ1) is 13.7. The Bertz CT molecular complexity index is 602. The molecule has 0 spiro atoms. The van der Waals surface area contributed by atoms with Crippen LogP contribution < -0.4 is 5.32 Å². The summed E-state index contributed by atoms with van der Waals surface area (Å²) in [5, 5.41) is 3.45. The Kier molecular flexibility index (Phi) is 3.96. The van der Waals surface area contributed by atoms with Crippen LogP contribution in [0.25, 0.3) is 11.3 Å². The smallest absolute Gasteiger partial charge is 0.255 e. The van der Waals surface area contributed by atoms with Crippen LogP contribution in [-0.4, -0.2) is 11.9 Å². The molecule has 1 amide bonds. The van der Waals surface area contributed by atoms with E-state index in [9.17, 15) is 4.79 Å². The van der Waals surface area contributed by atoms with Gasteiger partial charge in [-0.2, -0.15) is 0 Å². The number of carbonyl (C=O) groups is 1. The summed E-state index contributed by atoms with van der Waals surface area (Å²) in [7, 11) is 0. The highest BCUT2D eigenvalue weighted by molar-refractivity contribution is 6.33. The Morgan fingerprint density at radius 1 is 1.32 bits per heavy atom. The normalized spacial score (nSPS) is 10.8.